The molecule has 0 bridgehead atoms. The molecule has 1 N–H and O–H groups in total. The summed E-state index contributed by atoms with van der Waals surface area (Å²) in [4.78, 5) is 10.9. The summed E-state index contributed by atoms with van der Waals surface area (Å²) >= 11 is 1.57. The average Bonchev–Trinajstić information content (AvgIpc) is 2.63. The van der Waals surface area contributed by atoms with E-state index in [2.05, 4.69) is 5.10 Å². The van der Waals surface area contributed by atoms with Gasteiger partial charge in [-0.25, -0.2) is 8.42 Å². The van der Waals surface area contributed by atoms with Crippen LogP contribution in [0.4, 0.5) is 0 Å². The van der Waals surface area contributed by atoms with E-state index in [9.17, 15) is 13.2 Å². The summed E-state index contributed by atoms with van der Waals surface area (Å²) in [6.07, 6.45) is 1.92. The topological polar surface area (TPSA) is 92.5 Å². The summed E-state index contributed by atoms with van der Waals surface area (Å²) in [6, 6.07) is -0.161. The molecule has 0 saturated heterocycles. The molecular formula is C12H21N3O4S2. The van der Waals surface area contributed by atoms with Gasteiger partial charge in [-0.1, -0.05) is 0 Å². The summed E-state index contributed by atoms with van der Waals surface area (Å²) in [5.41, 5.74) is 0.662. The van der Waals surface area contributed by atoms with E-state index in [0.29, 0.717) is 17.1 Å². The highest BCUT2D eigenvalue weighted by Crippen LogP contribution is 2.24. The first-order chi connectivity index (χ1) is 9.62. The van der Waals surface area contributed by atoms with Crippen LogP contribution in [0.2, 0.25) is 0 Å². The van der Waals surface area contributed by atoms with Gasteiger partial charge in [0.2, 0.25) is 10.0 Å². The Morgan fingerprint density at radius 2 is 2.05 bits per heavy atom. The second kappa shape index (κ2) is 6.80. The van der Waals surface area contributed by atoms with Crippen molar-refractivity contribution < 1.29 is 18.3 Å². The van der Waals surface area contributed by atoms with Crippen LogP contribution in [0.5, 0.6) is 0 Å². The smallest absolute Gasteiger partial charge is 0.325 e. The van der Waals surface area contributed by atoms with E-state index in [1.807, 2.05) is 13.2 Å². The lowest BCUT2D eigenvalue weighted by atomic mass is 10.4. The molecule has 9 heteroatoms. The summed E-state index contributed by atoms with van der Waals surface area (Å²) < 4.78 is 27.9. The van der Waals surface area contributed by atoms with E-state index in [0.717, 1.165) is 0 Å². The summed E-state index contributed by atoms with van der Waals surface area (Å²) in [7, 11) is -2.16. The van der Waals surface area contributed by atoms with Gasteiger partial charge in [0.05, 0.1) is 11.4 Å². The minimum Gasteiger partial charge on any atom is -0.480 e. The summed E-state index contributed by atoms with van der Waals surface area (Å²) in [5.74, 6) is -0.384. The minimum atomic E-state index is -3.69. The van der Waals surface area contributed by atoms with Crippen molar-refractivity contribution in [3.05, 3.63) is 11.4 Å². The molecule has 0 amide bonds. The van der Waals surface area contributed by atoms with Crippen molar-refractivity contribution in [2.75, 3.05) is 19.1 Å². The predicted octanol–water partition coefficient (Wildman–Crippen LogP) is 0.957. The molecule has 1 rings (SSSR count). The number of hydrogen-bond donors (Lipinski definition) is 1. The Hall–Kier alpha value is -1.06. The lowest BCUT2D eigenvalue weighted by Gasteiger charge is -2.23. The predicted molar refractivity (Wildman–Crippen MR) is 82.1 cm³/mol. The van der Waals surface area contributed by atoms with E-state index >= 15 is 0 Å². The molecule has 0 radical (unpaired) electrons. The maximum atomic E-state index is 12.7. The third-order valence-corrected chi connectivity index (χ3v) is 6.31. The van der Waals surface area contributed by atoms with Gasteiger partial charge >= 0.3 is 5.97 Å². The lowest BCUT2D eigenvalue weighted by Crippen LogP contribution is -2.37. The minimum absolute atomic E-state index is 0.0965. The molecule has 0 saturated carbocycles. The molecule has 0 aliphatic rings. The SMILES string of the molecule is CSCC(C)N(C)S(=O)(=O)c1c(C)nn(CC(=O)O)c1C. The Bertz CT molecular complexity index is 625. The summed E-state index contributed by atoms with van der Waals surface area (Å²) in [5, 5.41) is 12.9. The van der Waals surface area contributed by atoms with Crippen molar-refractivity contribution >= 4 is 27.8 Å². The van der Waals surface area contributed by atoms with Crippen LogP contribution in [0.1, 0.15) is 18.3 Å². The molecule has 1 unspecified atom stereocenters. The van der Waals surface area contributed by atoms with Crippen molar-refractivity contribution in [3.8, 4) is 0 Å². The monoisotopic (exact) mass is 335 g/mol. The van der Waals surface area contributed by atoms with E-state index < -0.39 is 16.0 Å². The van der Waals surface area contributed by atoms with Gasteiger partial charge < -0.3 is 5.11 Å². The van der Waals surface area contributed by atoms with Crippen LogP contribution in [-0.2, 0) is 21.4 Å². The third kappa shape index (κ3) is 3.78. The first-order valence-corrected chi connectivity index (χ1v) is 9.19. The fourth-order valence-corrected chi connectivity index (χ4v) is 4.59. The number of carboxylic acid groups (broad SMARTS) is 1. The average molecular weight is 335 g/mol. The number of sulfonamides is 1. The van der Waals surface area contributed by atoms with Gasteiger partial charge in [0, 0.05) is 18.8 Å². The van der Waals surface area contributed by atoms with Crippen LogP contribution >= 0.6 is 11.8 Å². The van der Waals surface area contributed by atoms with Crippen LogP contribution in [-0.4, -0.2) is 58.7 Å². The molecule has 1 aromatic heterocycles. The fraction of sp³-hybridized carbons (Fsp3) is 0.667. The zero-order chi connectivity index (χ0) is 16.4. The molecule has 0 aliphatic heterocycles. The van der Waals surface area contributed by atoms with Crippen LogP contribution in [0, 0.1) is 13.8 Å². The number of aryl methyl sites for hydroxylation is 1. The second-order valence-corrected chi connectivity index (χ2v) is 7.72. The highest BCUT2D eigenvalue weighted by molar-refractivity contribution is 7.98. The Morgan fingerprint density at radius 3 is 2.52 bits per heavy atom. The molecule has 120 valence electrons. The van der Waals surface area contributed by atoms with E-state index in [-0.39, 0.29) is 17.5 Å². The molecule has 7 nitrogen and oxygen atoms in total. The summed E-state index contributed by atoms with van der Waals surface area (Å²) in [6.45, 7) is 4.63. The number of hydrogen-bond acceptors (Lipinski definition) is 5. The normalized spacial score (nSPS) is 13.6. The zero-order valence-corrected chi connectivity index (χ0v) is 14.5. The number of nitrogens with zero attached hydrogens (tertiary/aromatic N) is 3. The van der Waals surface area contributed by atoms with Crippen molar-refractivity contribution in [2.45, 2.75) is 38.3 Å². The molecule has 1 atom stereocenters. The Morgan fingerprint density at radius 1 is 1.48 bits per heavy atom. The third-order valence-electron chi connectivity index (χ3n) is 3.27. The number of carboxylic acids is 1. The number of aromatic nitrogens is 2. The molecule has 21 heavy (non-hydrogen) atoms. The molecular weight excluding hydrogens is 314 g/mol. The maximum absolute atomic E-state index is 12.7. The van der Waals surface area contributed by atoms with Gasteiger partial charge in [-0.3, -0.25) is 9.48 Å². The van der Waals surface area contributed by atoms with Gasteiger partial charge in [0.1, 0.15) is 11.4 Å². The van der Waals surface area contributed by atoms with Crippen LogP contribution < -0.4 is 0 Å². The molecule has 0 fully saturated rings. The van der Waals surface area contributed by atoms with Gasteiger partial charge in [0.15, 0.2) is 0 Å². The maximum Gasteiger partial charge on any atom is 0.325 e. The quantitative estimate of drug-likeness (QED) is 0.798. The van der Waals surface area contributed by atoms with Gasteiger partial charge in [-0.2, -0.15) is 21.2 Å². The number of carbonyl (C=O) groups is 1. The largest absolute Gasteiger partial charge is 0.480 e. The van der Waals surface area contributed by atoms with Crippen molar-refractivity contribution in [3.63, 3.8) is 0 Å². The number of rotatable bonds is 7. The van der Waals surface area contributed by atoms with E-state index in [4.69, 9.17) is 5.11 Å². The van der Waals surface area contributed by atoms with E-state index in [1.54, 1.807) is 25.6 Å². The zero-order valence-electron chi connectivity index (χ0n) is 12.8. The van der Waals surface area contributed by atoms with Crippen molar-refractivity contribution in [1.29, 1.82) is 0 Å². The van der Waals surface area contributed by atoms with Crippen molar-refractivity contribution in [2.24, 2.45) is 0 Å². The standard InChI is InChI=1S/C12H21N3O4S2/c1-8(7-20-5)14(4)21(18,19)12-9(2)13-15(10(12)3)6-11(16)17/h8H,6-7H2,1-5H3,(H,16,17). The van der Waals surface area contributed by atoms with Crippen LogP contribution in [0.25, 0.3) is 0 Å². The fourth-order valence-electron chi connectivity index (χ4n) is 2.06. The Labute approximate surface area is 129 Å². The van der Waals surface area contributed by atoms with Crippen LogP contribution in [0.15, 0.2) is 4.90 Å². The first kappa shape index (κ1) is 18.0. The van der Waals surface area contributed by atoms with Gasteiger partial charge in [0.25, 0.3) is 0 Å². The first-order valence-electron chi connectivity index (χ1n) is 6.35. The van der Waals surface area contributed by atoms with E-state index in [1.165, 1.54) is 16.0 Å². The van der Waals surface area contributed by atoms with Crippen molar-refractivity contribution in [1.82, 2.24) is 14.1 Å². The highest BCUT2D eigenvalue weighted by atomic mass is 32.2. The molecule has 1 aromatic rings. The molecule has 0 aliphatic carbocycles. The van der Waals surface area contributed by atoms with Crippen LogP contribution in [0.3, 0.4) is 0 Å². The Balaban J connectivity index is 3.26. The molecule has 1 heterocycles. The second-order valence-electron chi connectivity index (χ2n) is 4.88. The van der Waals surface area contributed by atoms with Gasteiger partial charge in [-0.05, 0) is 27.0 Å². The molecule has 0 aromatic carbocycles. The highest BCUT2D eigenvalue weighted by Gasteiger charge is 2.31. The number of aliphatic carboxylic acids is 1. The Kier molecular flexibility index (Phi) is 5.83. The van der Waals surface area contributed by atoms with Gasteiger partial charge in [-0.15, -0.1) is 0 Å². The number of thioether (sulfide) groups is 1. The molecule has 0 spiro atoms. The lowest BCUT2D eigenvalue weighted by molar-refractivity contribution is -0.137.